The minimum atomic E-state index is -3.37. The van der Waals surface area contributed by atoms with E-state index in [1.807, 2.05) is 12.1 Å². The molecule has 0 radical (unpaired) electrons. The fraction of sp³-hybridized carbons (Fsp3) is 0.467. The molecule has 1 saturated carbocycles. The molecule has 1 amide bonds. The molecule has 2 rings (SSSR count). The van der Waals surface area contributed by atoms with Gasteiger partial charge in [0.15, 0.2) is 0 Å². The maximum atomic E-state index is 11.9. The van der Waals surface area contributed by atoms with Crippen LogP contribution in [0.25, 0.3) is 0 Å². The number of benzene rings is 1. The molecule has 0 atom stereocenters. The van der Waals surface area contributed by atoms with Gasteiger partial charge in [0, 0.05) is 12.7 Å². The number of nitrogens with zero attached hydrogens (tertiary/aromatic N) is 2. The van der Waals surface area contributed by atoms with E-state index in [0.29, 0.717) is 5.69 Å². The van der Waals surface area contributed by atoms with Crippen LogP contribution in [0.1, 0.15) is 25.3 Å². The van der Waals surface area contributed by atoms with Crippen LogP contribution in [0, 0.1) is 11.3 Å². The van der Waals surface area contributed by atoms with E-state index in [-0.39, 0.29) is 17.7 Å². The quantitative estimate of drug-likeness (QED) is 0.859. The Morgan fingerprint density at radius 1 is 1.36 bits per heavy atom. The van der Waals surface area contributed by atoms with Crippen molar-refractivity contribution in [1.82, 2.24) is 4.31 Å². The number of nitriles is 1. The van der Waals surface area contributed by atoms with E-state index in [0.717, 1.165) is 22.7 Å². The monoisotopic (exact) mass is 321 g/mol. The predicted octanol–water partition coefficient (Wildman–Crippen LogP) is 1.46. The van der Waals surface area contributed by atoms with E-state index in [4.69, 9.17) is 5.26 Å². The van der Waals surface area contributed by atoms with Crippen LogP contribution in [-0.2, 0) is 20.2 Å². The maximum absolute atomic E-state index is 11.9. The first-order valence-corrected chi connectivity index (χ1v) is 8.69. The molecule has 6 nitrogen and oxygen atoms in total. The smallest absolute Gasteiger partial charge is 0.239 e. The van der Waals surface area contributed by atoms with E-state index < -0.39 is 15.9 Å². The number of hydrogen-bond donors (Lipinski definition) is 1. The molecule has 0 bridgehead atoms. The van der Waals surface area contributed by atoms with Gasteiger partial charge in [0.05, 0.1) is 23.8 Å². The lowest BCUT2D eigenvalue weighted by atomic mass is 9.98. The van der Waals surface area contributed by atoms with Crippen LogP contribution < -0.4 is 5.32 Å². The molecule has 0 heterocycles. The van der Waals surface area contributed by atoms with Crippen molar-refractivity contribution in [3.8, 4) is 6.07 Å². The fourth-order valence-corrected chi connectivity index (χ4v) is 2.94. The zero-order valence-corrected chi connectivity index (χ0v) is 13.5. The van der Waals surface area contributed by atoms with Crippen molar-refractivity contribution in [2.24, 2.45) is 0 Å². The zero-order chi connectivity index (χ0) is 16.4. The number of amides is 1. The Hall–Kier alpha value is -1.91. The van der Waals surface area contributed by atoms with Gasteiger partial charge >= 0.3 is 0 Å². The van der Waals surface area contributed by atoms with Gasteiger partial charge in [-0.15, -0.1) is 0 Å². The lowest BCUT2D eigenvalue weighted by Gasteiger charge is -2.15. The standard InChI is InChI=1S/C15H19N3O3S/c1-3-22(20,21)18(2)10-14(19)17-13-6-4-12(5-7-13)15(11-16)8-9-15/h4-7H,3,8-10H2,1-2H3,(H,17,19). The highest BCUT2D eigenvalue weighted by atomic mass is 32.2. The summed E-state index contributed by atoms with van der Waals surface area (Å²) in [5.41, 5.74) is 1.20. The van der Waals surface area contributed by atoms with E-state index in [1.165, 1.54) is 14.0 Å². The summed E-state index contributed by atoms with van der Waals surface area (Å²) in [7, 11) is -1.99. The molecule has 1 aromatic carbocycles. The van der Waals surface area contributed by atoms with Crippen molar-refractivity contribution >= 4 is 21.6 Å². The van der Waals surface area contributed by atoms with Gasteiger partial charge in [-0.05, 0) is 37.5 Å². The van der Waals surface area contributed by atoms with Crippen molar-refractivity contribution in [3.05, 3.63) is 29.8 Å². The Balaban J connectivity index is 1.97. The number of anilines is 1. The molecule has 0 unspecified atom stereocenters. The molecule has 0 spiro atoms. The van der Waals surface area contributed by atoms with Gasteiger partial charge in [-0.1, -0.05) is 12.1 Å². The minimum Gasteiger partial charge on any atom is -0.325 e. The van der Waals surface area contributed by atoms with Gasteiger partial charge < -0.3 is 5.32 Å². The van der Waals surface area contributed by atoms with Crippen LogP contribution in [-0.4, -0.2) is 38.0 Å². The molecule has 22 heavy (non-hydrogen) atoms. The summed E-state index contributed by atoms with van der Waals surface area (Å²) >= 11 is 0. The van der Waals surface area contributed by atoms with Crippen molar-refractivity contribution in [1.29, 1.82) is 5.26 Å². The van der Waals surface area contributed by atoms with E-state index in [2.05, 4.69) is 11.4 Å². The molecular weight excluding hydrogens is 302 g/mol. The third-order valence-corrected chi connectivity index (χ3v) is 5.70. The summed E-state index contributed by atoms with van der Waals surface area (Å²) in [6.07, 6.45) is 1.74. The average Bonchev–Trinajstić information content (AvgIpc) is 3.29. The molecule has 1 aromatic rings. The summed E-state index contributed by atoms with van der Waals surface area (Å²) < 4.78 is 24.2. The topological polar surface area (TPSA) is 90.3 Å². The number of likely N-dealkylation sites (N-methyl/N-ethyl adjacent to an activating group) is 1. The van der Waals surface area contributed by atoms with Crippen molar-refractivity contribution in [3.63, 3.8) is 0 Å². The molecule has 7 heteroatoms. The summed E-state index contributed by atoms with van der Waals surface area (Å²) in [4.78, 5) is 11.9. The SMILES string of the molecule is CCS(=O)(=O)N(C)CC(=O)Nc1ccc(C2(C#N)CC2)cc1. The third kappa shape index (κ3) is 3.46. The maximum Gasteiger partial charge on any atom is 0.239 e. The largest absolute Gasteiger partial charge is 0.325 e. The van der Waals surface area contributed by atoms with Crippen LogP contribution in [0.4, 0.5) is 5.69 Å². The second-order valence-electron chi connectivity index (χ2n) is 5.48. The van der Waals surface area contributed by atoms with Gasteiger partial charge in [0.2, 0.25) is 15.9 Å². The lowest BCUT2D eigenvalue weighted by Crippen LogP contribution is -2.35. The summed E-state index contributed by atoms with van der Waals surface area (Å²) in [5, 5.41) is 11.8. The van der Waals surface area contributed by atoms with Crippen LogP contribution >= 0.6 is 0 Å². The Bertz CT molecular complexity index is 701. The Labute approximate surface area is 130 Å². The highest BCUT2D eigenvalue weighted by Gasteiger charge is 2.44. The first kappa shape index (κ1) is 16.5. The molecule has 1 aliphatic rings. The predicted molar refractivity (Wildman–Crippen MR) is 83.7 cm³/mol. The molecule has 1 fully saturated rings. The second-order valence-corrected chi connectivity index (χ2v) is 7.84. The number of carbonyl (C=O) groups excluding carboxylic acids is 1. The highest BCUT2D eigenvalue weighted by molar-refractivity contribution is 7.89. The first-order valence-electron chi connectivity index (χ1n) is 7.08. The molecule has 1 aliphatic carbocycles. The molecule has 0 aromatic heterocycles. The summed E-state index contributed by atoms with van der Waals surface area (Å²) in [6.45, 7) is 1.31. The lowest BCUT2D eigenvalue weighted by molar-refractivity contribution is -0.116. The normalized spacial score (nSPS) is 16.1. The van der Waals surface area contributed by atoms with Crippen LogP contribution in [0.3, 0.4) is 0 Å². The number of sulfonamides is 1. The van der Waals surface area contributed by atoms with Gasteiger partial charge in [-0.25, -0.2) is 8.42 Å². The Morgan fingerprint density at radius 3 is 2.41 bits per heavy atom. The van der Waals surface area contributed by atoms with Crippen LogP contribution in [0.5, 0.6) is 0 Å². The van der Waals surface area contributed by atoms with Gasteiger partial charge in [-0.3, -0.25) is 4.79 Å². The molecule has 0 aliphatic heterocycles. The van der Waals surface area contributed by atoms with Crippen molar-refractivity contribution < 1.29 is 13.2 Å². The number of hydrogen-bond acceptors (Lipinski definition) is 4. The first-order chi connectivity index (χ1) is 10.3. The Kier molecular flexibility index (Phi) is 4.54. The fourth-order valence-electron chi connectivity index (χ4n) is 2.18. The van der Waals surface area contributed by atoms with E-state index >= 15 is 0 Å². The molecular formula is C15H19N3O3S. The third-order valence-electron chi connectivity index (χ3n) is 3.89. The van der Waals surface area contributed by atoms with Crippen molar-refractivity contribution in [2.75, 3.05) is 24.7 Å². The van der Waals surface area contributed by atoms with Gasteiger partial charge in [0.1, 0.15) is 0 Å². The second kappa shape index (κ2) is 6.07. The highest BCUT2D eigenvalue weighted by Crippen LogP contribution is 2.47. The van der Waals surface area contributed by atoms with Gasteiger partial charge in [0.25, 0.3) is 0 Å². The molecule has 118 valence electrons. The Morgan fingerprint density at radius 2 is 1.95 bits per heavy atom. The summed E-state index contributed by atoms with van der Waals surface area (Å²) in [6, 6.07) is 9.45. The molecule has 0 saturated heterocycles. The summed E-state index contributed by atoms with van der Waals surface area (Å²) in [5.74, 6) is -0.435. The number of nitrogens with one attached hydrogen (secondary N) is 1. The van der Waals surface area contributed by atoms with Gasteiger partial charge in [-0.2, -0.15) is 9.57 Å². The van der Waals surface area contributed by atoms with E-state index in [1.54, 1.807) is 12.1 Å². The average molecular weight is 321 g/mol. The van der Waals surface area contributed by atoms with Crippen molar-refractivity contribution in [2.45, 2.75) is 25.2 Å². The minimum absolute atomic E-state index is 0.0400. The van der Waals surface area contributed by atoms with E-state index in [9.17, 15) is 13.2 Å². The molecule has 1 N–H and O–H groups in total. The zero-order valence-electron chi connectivity index (χ0n) is 12.7. The number of rotatable bonds is 6. The van der Waals surface area contributed by atoms with Crippen LogP contribution in [0.15, 0.2) is 24.3 Å². The number of carbonyl (C=O) groups is 1. The van der Waals surface area contributed by atoms with Crippen LogP contribution in [0.2, 0.25) is 0 Å².